The maximum atomic E-state index is 11.3. The van der Waals surface area contributed by atoms with Gasteiger partial charge in [-0.2, -0.15) is 0 Å². The van der Waals surface area contributed by atoms with E-state index in [-0.39, 0.29) is 12.0 Å². The van der Waals surface area contributed by atoms with Crippen molar-refractivity contribution in [3.63, 3.8) is 0 Å². The van der Waals surface area contributed by atoms with E-state index >= 15 is 0 Å². The summed E-state index contributed by atoms with van der Waals surface area (Å²) in [5.74, 6) is 0.306. The summed E-state index contributed by atoms with van der Waals surface area (Å²) in [6, 6.07) is 10.5. The van der Waals surface area contributed by atoms with E-state index in [1.807, 2.05) is 32.0 Å². The van der Waals surface area contributed by atoms with Gasteiger partial charge in [-0.3, -0.25) is 4.79 Å². The molecule has 0 spiro atoms. The fourth-order valence-electron chi connectivity index (χ4n) is 1.82. The van der Waals surface area contributed by atoms with Gasteiger partial charge in [0.2, 0.25) is 0 Å². The van der Waals surface area contributed by atoms with Crippen molar-refractivity contribution in [2.75, 3.05) is 13.2 Å². The van der Waals surface area contributed by atoms with Crippen LogP contribution in [0.3, 0.4) is 0 Å². The largest absolute Gasteiger partial charge is 0.466 e. The maximum absolute atomic E-state index is 11.3. The minimum atomic E-state index is -0.134. The van der Waals surface area contributed by atoms with E-state index in [1.54, 1.807) is 0 Å². The summed E-state index contributed by atoms with van der Waals surface area (Å²) in [6.07, 6.45) is 0.426. The van der Waals surface area contributed by atoms with Crippen LogP contribution in [0.1, 0.15) is 38.7 Å². The van der Waals surface area contributed by atoms with Crippen molar-refractivity contribution in [2.24, 2.45) is 0 Å². The van der Waals surface area contributed by atoms with Crippen LogP contribution in [0.25, 0.3) is 0 Å². The Morgan fingerprint density at radius 3 is 2.56 bits per heavy atom. The lowest BCUT2D eigenvalue weighted by Gasteiger charge is -2.17. The smallest absolute Gasteiger partial charge is 0.307 e. The molecule has 3 nitrogen and oxygen atoms in total. The van der Waals surface area contributed by atoms with Gasteiger partial charge in [0.15, 0.2) is 0 Å². The summed E-state index contributed by atoms with van der Waals surface area (Å²) < 4.78 is 4.93. The number of rotatable bonds is 7. The number of hydrogen-bond acceptors (Lipinski definition) is 3. The van der Waals surface area contributed by atoms with Crippen LogP contribution in [0.2, 0.25) is 0 Å². The molecule has 0 amide bonds. The molecule has 0 aromatic heterocycles. The highest BCUT2D eigenvalue weighted by Crippen LogP contribution is 2.13. The van der Waals surface area contributed by atoms with Gasteiger partial charge in [-0.1, -0.05) is 37.3 Å². The van der Waals surface area contributed by atoms with E-state index in [0.29, 0.717) is 18.9 Å². The molecular weight excluding hydrogens is 226 g/mol. The lowest BCUT2D eigenvalue weighted by Crippen LogP contribution is -2.32. The first kappa shape index (κ1) is 14.7. The van der Waals surface area contributed by atoms with Crippen LogP contribution < -0.4 is 5.32 Å². The molecule has 1 aromatic rings. The van der Waals surface area contributed by atoms with Crippen LogP contribution >= 0.6 is 0 Å². The lowest BCUT2D eigenvalue weighted by atomic mass is 10.0. The molecule has 1 N–H and O–H groups in total. The monoisotopic (exact) mass is 249 g/mol. The zero-order valence-electron chi connectivity index (χ0n) is 11.5. The van der Waals surface area contributed by atoms with Gasteiger partial charge in [-0.15, -0.1) is 0 Å². The Labute approximate surface area is 110 Å². The first-order chi connectivity index (χ1) is 8.63. The molecule has 1 aromatic carbocycles. The second-order valence-electron chi connectivity index (χ2n) is 4.63. The maximum Gasteiger partial charge on any atom is 0.307 e. The van der Waals surface area contributed by atoms with Crippen LogP contribution in [-0.2, 0) is 9.53 Å². The molecule has 100 valence electrons. The third-order valence-electron chi connectivity index (χ3n) is 2.92. The van der Waals surface area contributed by atoms with Gasteiger partial charge >= 0.3 is 5.97 Å². The van der Waals surface area contributed by atoms with E-state index in [1.165, 1.54) is 5.56 Å². The standard InChI is InChI=1S/C15H23NO2/c1-4-18-15(17)10-13(3)16-11-12(2)14-8-6-5-7-9-14/h5-9,12-13,16H,4,10-11H2,1-3H3. The predicted octanol–water partition coefficient (Wildman–Crippen LogP) is 2.72. The Balaban J connectivity index is 2.30. The third-order valence-corrected chi connectivity index (χ3v) is 2.92. The Morgan fingerprint density at radius 1 is 1.28 bits per heavy atom. The van der Waals surface area contributed by atoms with Crippen LogP contribution in [0.4, 0.5) is 0 Å². The Bertz CT molecular complexity index is 351. The quantitative estimate of drug-likeness (QED) is 0.755. The molecule has 0 radical (unpaired) electrons. The normalized spacial score (nSPS) is 13.9. The summed E-state index contributed by atoms with van der Waals surface area (Å²) in [6.45, 7) is 7.33. The van der Waals surface area contributed by atoms with Gasteiger partial charge in [0.25, 0.3) is 0 Å². The second kappa shape index (κ2) is 7.88. The summed E-state index contributed by atoms with van der Waals surface area (Å²) in [5.41, 5.74) is 1.31. The van der Waals surface area contributed by atoms with Crippen molar-refractivity contribution in [3.05, 3.63) is 35.9 Å². The van der Waals surface area contributed by atoms with Gasteiger partial charge in [0.05, 0.1) is 13.0 Å². The van der Waals surface area contributed by atoms with Gasteiger partial charge in [-0.25, -0.2) is 0 Å². The topological polar surface area (TPSA) is 38.3 Å². The molecule has 0 bridgehead atoms. The minimum absolute atomic E-state index is 0.134. The van der Waals surface area contributed by atoms with Crippen LogP contribution in [0, 0.1) is 0 Å². The van der Waals surface area contributed by atoms with Crippen molar-refractivity contribution in [1.82, 2.24) is 5.32 Å². The molecule has 0 fully saturated rings. The number of esters is 1. The van der Waals surface area contributed by atoms with E-state index in [2.05, 4.69) is 24.4 Å². The summed E-state index contributed by atoms with van der Waals surface area (Å²) >= 11 is 0. The van der Waals surface area contributed by atoms with Crippen molar-refractivity contribution in [3.8, 4) is 0 Å². The summed E-state index contributed by atoms with van der Waals surface area (Å²) in [4.78, 5) is 11.3. The molecule has 18 heavy (non-hydrogen) atoms. The molecule has 2 unspecified atom stereocenters. The number of carbonyl (C=O) groups is 1. The molecule has 2 atom stereocenters. The van der Waals surface area contributed by atoms with Crippen molar-refractivity contribution >= 4 is 5.97 Å². The van der Waals surface area contributed by atoms with Crippen LogP contribution in [0.15, 0.2) is 30.3 Å². The SMILES string of the molecule is CCOC(=O)CC(C)NCC(C)c1ccccc1. The van der Waals surface area contributed by atoms with E-state index in [4.69, 9.17) is 4.74 Å². The van der Waals surface area contributed by atoms with Gasteiger partial charge in [0.1, 0.15) is 0 Å². The number of benzene rings is 1. The average molecular weight is 249 g/mol. The summed E-state index contributed by atoms with van der Waals surface area (Å²) in [5, 5.41) is 3.37. The molecular formula is C15H23NO2. The molecule has 0 heterocycles. The zero-order valence-corrected chi connectivity index (χ0v) is 11.5. The van der Waals surface area contributed by atoms with Crippen molar-refractivity contribution in [2.45, 2.75) is 39.2 Å². The number of hydrogen-bond donors (Lipinski definition) is 1. The highest BCUT2D eigenvalue weighted by Gasteiger charge is 2.11. The van der Waals surface area contributed by atoms with Gasteiger partial charge < -0.3 is 10.1 Å². The molecule has 0 aliphatic rings. The minimum Gasteiger partial charge on any atom is -0.466 e. The fourth-order valence-corrected chi connectivity index (χ4v) is 1.82. The predicted molar refractivity (Wildman–Crippen MR) is 73.6 cm³/mol. The summed E-state index contributed by atoms with van der Waals surface area (Å²) in [7, 11) is 0. The van der Waals surface area contributed by atoms with Crippen LogP contribution in [0.5, 0.6) is 0 Å². The second-order valence-corrected chi connectivity index (χ2v) is 4.63. The van der Waals surface area contributed by atoms with Gasteiger partial charge in [0, 0.05) is 12.6 Å². The van der Waals surface area contributed by atoms with E-state index in [9.17, 15) is 4.79 Å². The Hall–Kier alpha value is -1.35. The molecule has 0 aliphatic heterocycles. The lowest BCUT2D eigenvalue weighted by molar-refractivity contribution is -0.143. The number of carbonyl (C=O) groups excluding carboxylic acids is 1. The fraction of sp³-hybridized carbons (Fsp3) is 0.533. The molecule has 3 heteroatoms. The number of nitrogens with one attached hydrogen (secondary N) is 1. The Morgan fingerprint density at radius 2 is 1.94 bits per heavy atom. The highest BCUT2D eigenvalue weighted by molar-refractivity contribution is 5.69. The van der Waals surface area contributed by atoms with E-state index in [0.717, 1.165) is 6.54 Å². The first-order valence-corrected chi connectivity index (χ1v) is 6.57. The molecule has 0 saturated heterocycles. The molecule has 0 aliphatic carbocycles. The zero-order chi connectivity index (χ0) is 13.4. The number of ether oxygens (including phenoxy) is 1. The molecule has 0 saturated carbocycles. The first-order valence-electron chi connectivity index (χ1n) is 6.57. The third kappa shape index (κ3) is 5.32. The Kier molecular flexibility index (Phi) is 6.44. The van der Waals surface area contributed by atoms with Crippen LogP contribution in [-0.4, -0.2) is 25.2 Å². The average Bonchev–Trinajstić information content (AvgIpc) is 2.37. The van der Waals surface area contributed by atoms with E-state index < -0.39 is 0 Å². The highest BCUT2D eigenvalue weighted by atomic mass is 16.5. The molecule has 1 rings (SSSR count). The van der Waals surface area contributed by atoms with Crippen molar-refractivity contribution < 1.29 is 9.53 Å². The van der Waals surface area contributed by atoms with Crippen molar-refractivity contribution in [1.29, 1.82) is 0 Å². The van der Waals surface area contributed by atoms with Gasteiger partial charge in [-0.05, 0) is 25.3 Å².